The van der Waals surface area contributed by atoms with Crippen LogP contribution in [0, 0.1) is 11.8 Å². The van der Waals surface area contributed by atoms with Crippen LogP contribution in [0.25, 0.3) is 0 Å². The Bertz CT molecular complexity index is 789. The molecule has 0 heterocycles. The first-order valence-electron chi connectivity index (χ1n) is 10.3. The van der Waals surface area contributed by atoms with Gasteiger partial charge in [-0.2, -0.15) is 0 Å². The van der Waals surface area contributed by atoms with E-state index in [1.807, 2.05) is 24.3 Å². The molecule has 0 unspecified atom stereocenters. The van der Waals surface area contributed by atoms with Gasteiger partial charge in [0.15, 0.2) is 0 Å². The van der Waals surface area contributed by atoms with Gasteiger partial charge in [0.2, 0.25) is 0 Å². The Labute approximate surface area is 174 Å². The number of carbonyl (C=O) groups is 2. The lowest BCUT2D eigenvalue weighted by Gasteiger charge is -2.14. The number of benzene rings is 2. The fourth-order valence-electron chi connectivity index (χ4n) is 3.06. The molecule has 29 heavy (non-hydrogen) atoms. The molecule has 0 saturated carbocycles. The Kier molecular flexibility index (Phi) is 8.44. The molecule has 0 saturated heterocycles. The SMILES string of the molecule is CC(C)Cc1ccc(C(=O)OC[C@@H](C)OC(=O)c2ccc(CC(C)C)cc2)cc1. The van der Waals surface area contributed by atoms with Gasteiger partial charge in [-0.25, -0.2) is 9.59 Å². The summed E-state index contributed by atoms with van der Waals surface area (Å²) in [6.45, 7) is 10.4. The summed E-state index contributed by atoms with van der Waals surface area (Å²) in [6, 6.07) is 14.9. The maximum atomic E-state index is 12.3. The van der Waals surface area contributed by atoms with E-state index in [4.69, 9.17) is 9.47 Å². The monoisotopic (exact) mass is 396 g/mol. The van der Waals surface area contributed by atoms with Gasteiger partial charge < -0.3 is 9.47 Å². The van der Waals surface area contributed by atoms with Crippen molar-refractivity contribution in [1.29, 1.82) is 0 Å². The minimum atomic E-state index is -0.526. The minimum Gasteiger partial charge on any atom is -0.458 e. The fraction of sp³-hybridized carbons (Fsp3) is 0.440. The average Bonchev–Trinajstić information content (AvgIpc) is 2.66. The van der Waals surface area contributed by atoms with E-state index in [0.717, 1.165) is 12.8 Å². The highest BCUT2D eigenvalue weighted by atomic mass is 16.6. The summed E-state index contributed by atoms with van der Waals surface area (Å²) < 4.78 is 10.7. The molecule has 0 aromatic heterocycles. The molecule has 1 atom stereocenters. The quantitative estimate of drug-likeness (QED) is 0.526. The van der Waals surface area contributed by atoms with Crippen LogP contribution >= 0.6 is 0 Å². The summed E-state index contributed by atoms with van der Waals surface area (Å²) in [7, 11) is 0. The lowest BCUT2D eigenvalue weighted by atomic mass is 10.0. The number of esters is 2. The Morgan fingerprint density at radius 1 is 0.690 bits per heavy atom. The zero-order valence-electron chi connectivity index (χ0n) is 18.1. The van der Waals surface area contributed by atoms with Crippen LogP contribution in [0.1, 0.15) is 66.5 Å². The molecule has 0 aliphatic rings. The molecular weight excluding hydrogens is 364 g/mol. The number of rotatable bonds is 9. The molecule has 156 valence electrons. The average molecular weight is 397 g/mol. The van der Waals surface area contributed by atoms with Gasteiger partial charge in [0, 0.05) is 0 Å². The summed E-state index contributed by atoms with van der Waals surface area (Å²) >= 11 is 0. The van der Waals surface area contributed by atoms with E-state index in [-0.39, 0.29) is 6.61 Å². The topological polar surface area (TPSA) is 52.6 Å². The van der Waals surface area contributed by atoms with Gasteiger partial charge in [-0.05, 0) is 67.0 Å². The molecule has 0 amide bonds. The molecule has 2 rings (SSSR count). The largest absolute Gasteiger partial charge is 0.458 e. The second-order valence-corrected chi connectivity index (χ2v) is 8.40. The highest BCUT2D eigenvalue weighted by Crippen LogP contribution is 2.13. The molecule has 0 spiro atoms. The van der Waals surface area contributed by atoms with Gasteiger partial charge in [0.05, 0.1) is 11.1 Å². The van der Waals surface area contributed by atoms with E-state index < -0.39 is 18.0 Å². The zero-order valence-corrected chi connectivity index (χ0v) is 18.1. The van der Waals surface area contributed by atoms with Crippen molar-refractivity contribution in [3.05, 3.63) is 70.8 Å². The summed E-state index contributed by atoms with van der Waals surface area (Å²) in [5.41, 5.74) is 3.38. The van der Waals surface area contributed by atoms with Gasteiger partial charge in [-0.3, -0.25) is 0 Å². The Balaban J connectivity index is 1.81. The second-order valence-electron chi connectivity index (χ2n) is 8.40. The molecule has 2 aromatic rings. The second kappa shape index (κ2) is 10.8. The predicted octanol–water partition coefficient (Wildman–Crippen LogP) is 5.49. The molecule has 4 heteroatoms. The van der Waals surface area contributed by atoms with Crippen LogP contribution in [-0.2, 0) is 22.3 Å². The van der Waals surface area contributed by atoms with Crippen LogP contribution < -0.4 is 0 Å². The lowest BCUT2D eigenvalue weighted by Crippen LogP contribution is -2.22. The van der Waals surface area contributed by atoms with E-state index in [1.54, 1.807) is 31.2 Å². The molecule has 0 radical (unpaired) electrons. The van der Waals surface area contributed by atoms with Crippen molar-refractivity contribution in [1.82, 2.24) is 0 Å². The van der Waals surface area contributed by atoms with Crippen LogP contribution in [0.3, 0.4) is 0 Å². The maximum Gasteiger partial charge on any atom is 0.338 e. The smallest absolute Gasteiger partial charge is 0.338 e. The fourth-order valence-corrected chi connectivity index (χ4v) is 3.06. The van der Waals surface area contributed by atoms with Crippen molar-refractivity contribution in [3.63, 3.8) is 0 Å². The van der Waals surface area contributed by atoms with Crippen LogP contribution in [-0.4, -0.2) is 24.6 Å². The first-order chi connectivity index (χ1) is 13.7. The number of ether oxygens (including phenoxy) is 2. The van der Waals surface area contributed by atoms with Crippen LogP contribution in [0.15, 0.2) is 48.5 Å². The van der Waals surface area contributed by atoms with Crippen molar-refractivity contribution in [2.75, 3.05) is 6.61 Å². The molecule has 0 N–H and O–H groups in total. The Hall–Kier alpha value is -2.62. The van der Waals surface area contributed by atoms with Gasteiger partial charge in [0.25, 0.3) is 0 Å². The molecule has 4 nitrogen and oxygen atoms in total. The normalized spacial score (nSPS) is 12.1. The summed E-state index contributed by atoms with van der Waals surface area (Å²) in [5, 5.41) is 0. The van der Waals surface area contributed by atoms with Crippen LogP contribution in [0.5, 0.6) is 0 Å². The molecule has 0 aliphatic carbocycles. The standard InChI is InChI=1S/C25H32O4/c1-17(2)14-20-6-10-22(11-7-20)24(26)28-16-19(5)29-25(27)23-12-8-21(9-13-23)15-18(3)4/h6-13,17-19H,14-16H2,1-5H3/t19-/m1/s1. The Morgan fingerprint density at radius 3 is 1.52 bits per heavy atom. The first-order valence-corrected chi connectivity index (χ1v) is 10.3. The molecule has 0 aliphatic heterocycles. The third-order valence-electron chi connectivity index (χ3n) is 4.42. The van der Waals surface area contributed by atoms with E-state index in [2.05, 4.69) is 27.7 Å². The predicted molar refractivity (Wildman–Crippen MR) is 115 cm³/mol. The van der Waals surface area contributed by atoms with Crippen molar-refractivity contribution < 1.29 is 19.1 Å². The number of carbonyl (C=O) groups excluding carboxylic acids is 2. The summed E-state index contributed by atoms with van der Waals surface area (Å²) in [4.78, 5) is 24.5. The Morgan fingerprint density at radius 2 is 1.10 bits per heavy atom. The number of hydrogen-bond acceptors (Lipinski definition) is 4. The van der Waals surface area contributed by atoms with Crippen molar-refractivity contribution in [3.8, 4) is 0 Å². The molecular formula is C25H32O4. The van der Waals surface area contributed by atoms with Gasteiger partial charge in [-0.15, -0.1) is 0 Å². The van der Waals surface area contributed by atoms with E-state index in [1.165, 1.54) is 11.1 Å². The number of hydrogen-bond donors (Lipinski definition) is 0. The van der Waals surface area contributed by atoms with E-state index in [0.29, 0.717) is 23.0 Å². The molecule has 0 fully saturated rings. The van der Waals surface area contributed by atoms with E-state index in [9.17, 15) is 9.59 Å². The van der Waals surface area contributed by atoms with Crippen LogP contribution in [0.4, 0.5) is 0 Å². The minimum absolute atomic E-state index is 0.0176. The summed E-state index contributed by atoms with van der Waals surface area (Å²) in [5.74, 6) is 0.299. The van der Waals surface area contributed by atoms with Gasteiger partial charge in [0.1, 0.15) is 12.7 Å². The van der Waals surface area contributed by atoms with Crippen molar-refractivity contribution in [2.45, 2.75) is 53.6 Å². The molecule has 0 bridgehead atoms. The lowest BCUT2D eigenvalue weighted by molar-refractivity contribution is 0.00448. The third-order valence-corrected chi connectivity index (χ3v) is 4.42. The highest BCUT2D eigenvalue weighted by molar-refractivity contribution is 5.90. The molecule has 2 aromatic carbocycles. The van der Waals surface area contributed by atoms with E-state index >= 15 is 0 Å². The maximum absolute atomic E-state index is 12.3. The van der Waals surface area contributed by atoms with Crippen molar-refractivity contribution in [2.24, 2.45) is 11.8 Å². The van der Waals surface area contributed by atoms with Crippen molar-refractivity contribution >= 4 is 11.9 Å². The van der Waals surface area contributed by atoms with Gasteiger partial charge >= 0.3 is 11.9 Å². The van der Waals surface area contributed by atoms with Gasteiger partial charge in [-0.1, -0.05) is 52.0 Å². The zero-order chi connectivity index (χ0) is 21.4. The highest BCUT2D eigenvalue weighted by Gasteiger charge is 2.15. The summed E-state index contributed by atoms with van der Waals surface area (Å²) in [6.07, 6.45) is 1.42. The van der Waals surface area contributed by atoms with Crippen LogP contribution in [0.2, 0.25) is 0 Å². The third kappa shape index (κ3) is 7.72. The first kappa shape index (κ1) is 22.7.